The molecule has 0 N–H and O–H groups in total. The van der Waals surface area contributed by atoms with E-state index >= 15 is 0 Å². The third kappa shape index (κ3) is 2.83. The highest BCUT2D eigenvalue weighted by molar-refractivity contribution is 7.19. The lowest BCUT2D eigenvalue weighted by atomic mass is 10.2. The lowest BCUT2D eigenvalue weighted by Gasteiger charge is -2.11. The summed E-state index contributed by atoms with van der Waals surface area (Å²) in [4.78, 5) is 2.83. The van der Waals surface area contributed by atoms with E-state index in [0.717, 1.165) is 38.4 Å². The fraction of sp³-hybridized carbons (Fsp3) is 0.167. The number of hydrogen-bond acceptors (Lipinski definition) is 6. The molecule has 25 heavy (non-hydrogen) atoms. The van der Waals surface area contributed by atoms with E-state index in [1.54, 1.807) is 11.6 Å². The first-order chi connectivity index (χ1) is 12.2. The summed E-state index contributed by atoms with van der Waals surface area (Å²) < 4.78 is 7.09. The van der Waals surface area contributed by atoms with Crippen LogP contribution in [0.5, 0.6) is 5.75 Å². The van der Waals surface area contributed by atoms with E-state index in [2.05, 4.69) is 27.2 Å². The predicted molar refractivity (Wildman–Crippen MR) is 100 cm³/mol. The third-order valence-corrected chi connectivity index (χ3v) is 4.90. The number of fused-ring (bicyclic) bond motifs is 1. The van der Waals surface area contributed by atoms with Gasteiger partial charge in [-0.3, -0.25) is 0 Å². The van der Waals surface area contributed by atoms with E-state index < -0.39 is 0 Å². The van der Waals surface area contributed by atoms with E-state index in [1.807, 2.05) is 50.5 Å². The largest absolute Gasteiger partial charge is 0.497 e. The number of aromatic nitrogens is 4. The van der Waals surface area contributed by atoms with Gasteiger partial charge < -0.3 is 9.64 Å². The van der Waals surface area contributed by atoms with Crippen molar-refractivity contribution in [1.29, 1.82) is 0 Å². The Morgan fingerprint density at radius 1 is 1.00 bits per heavy atom. The number of nitrogens with zero attached hydrogens (tertiary/aromatic N) is 5. The minimum atomic E-state index is 0.741. The summed E-state index contributed by atoms with van der Waals surface area (Å²) in [6, 6.07) is 16.1. The molecule has 6 nitrogen and oxygen atoms in total. The van der Waals surface area contributed by atoms with Gasteiger partial charge in [-0.15, -0.1) is 10.2 Å². The summed E-state index contributed by atoms with van der Waals surface area (Å²) in [5, 5.41) is 14.1. The van der Waals surface area contributed by atoms with Gasteiger partial charge >= 0.3 is 0 Å². The molecule has 0 saturated carbocycles. The highest BCUT2D eigenvalue weighted by Gasteiger charge is 2.15. The maximum atomic E-state index is 5.29. The van der Waals surface area contributed by atoms with Gasteiger partial charge in [-0.1, -0.05) is 23.5 Å². The van der Waals surface area contributed by atoms with Crippen LogP contribution < -0.4 is 9.64 Å². The van der Waals surface area contributed by atoms with Crippen molar-refractivity contribution in [3.63, 3.8) is 0 Å². The van der Waals surface area contributed by atoms with Crippen LogP contribution in [0.2, 0.25) is 0 Å². The predicted octanol–water partition coefficient (Wildman–Crippen LogP) is 3.59. The molecule has 0 saturated heterocycles. The highest BCUT2D eigenvalue weighted by atomic mass is 32.1. The van der Waals surface area contributed by atoms with E-state index in [4.69, 9.17) is 9.84 Å². The molecular formula is C18H17N5OS. The van der Waals surface area contributed by atoms with Crippen molar-refractivity contribution in [1.82, 2.24) is 19.8 Å². The molecule has 0 unspecified atom stereocenters. The summed E-state index contributed by atoms with van der Waals surface area (Å²) in [7, 11) is 5.70. The van der Waals surface area contributed by atoms with Crippen LogP contribution in [0.25, 0.3) is 26.9 Å². The number of methoxy groups -OCH3 is 1. The fourth-order valence-corrected chi connectivity index (χ4v) is 3.41. The molecule has 4 rings (SSSR count). The summed E-state index contributed by atoms with van der Waals surface area (Å²) in [6.45, 7) is 0. The minimum Gasteiger partial charge on any atom is -0.497 e. The Balaban J connectivity index is 1.75. The quantitative estimate of drug-likeness (QED) is 0.562. The molecule has 2 aromatic carbocycles. The molecule has 2 heterocycles. The van der Waals surface area contributed by atoms with E-state index in [0.29, 0.717) is 0 Å². The average Bonchev–Trinajstić information content (AvgIpc) is 3.22. The lowest BCUT2D eigenvalue weighted by Crippen LogP contribution is -2.08. The summed E-state index contributed by atoms with van der Waals surface area (Å²) >= 11 is 1.51. The van der Waals surface area contributed by atoms with Gasteiger partial charge in [0.25, 0.3) is 0 Å². The van der Waals surface area contributed by atoms with Crippen LogP contribution in [0.1, 0.15) is 0 Å². The Bertz CT molecular complexity index is 1020. The van der Waals surface area contributed by atoms with Gasteiger partial charge in [-0.05, 0) is 36.4 Å². The molecule has 0 aliphatic carbocycles. The van der Waals surface area contributed by atoms with E-state index in [9.17, 15) is 0 Å². The molecule has 0 amide bonds. The topological polar surface area (TPSA) is 55.6 Å². The molecular weight excluding hydrogens is 334 g/mol. The van der Waals surface area contributed by atoms with Crippen molar-refractivity contribution in [2.75, 3.05) is 26.1 Å². The van der Waals surface area contributed by atoms with Gasteiger partial charge in [0.2, 0.25) is 4.96 Å². The van der Waals surface area contributed by atoms with E-state index in [-0.39, 0.29) is 0 Å². The van der Waals surface area contributed by atoms with Crippen molar-refractivity contribution < 1.29 is 4.74 Å². The maximum Gasteiger partial charge on any atom is 0.235 e. The average molecular weight is 351 g/mol. The van der Waals surface area contributed by atoms with Gasteiger partial charge in [0, 0.05) is 30.9 Å². The Hall–Kier alpha value is -2.93. The van der Waals surface area contributed by atoms with Crippen molar-refractivity contribution >= 4 is 22.0 Å². The van der Waals surface area contributed by atoms with Crippen molar-refractivity contribution in [2.45, 2.75) is 0 Å². The first-order valence-electron chi connectivity index (χ1n) is 7.80. The zero-order valence-electron chi connectivity index (χ0n) is 14.2. The smallest absolute Gasteiger partial charge is 0.235 e. The van der Waals surface area contributed by atoms with E-state index in [1.165, 1.54) is 11.3 Å². The van der Waals surface area contributed by atoms with Crippen molar-refractivity contribution in [2.24, 2.45) is 0 Å². The zero-order chi connectivity index (χ0) is 17.4. The second-order valence-corrected chi connectivity index (χ2v) is 6.75. The van der Waals surface area contributed by atoms with Gasteiger partial charge in [0.15, 0.2) is 5.82 Å². The van der Waals surface area contributed by atoms with Crippen LogP contribution in [-0.2, 0) is 0 Å². The molecule has 0 aliphatic heterocycles. The number of ether oxygens (including phenoxy) is 1. The molecule has 0 radical (unpaired) electrons. The maximum absolute atomic E-state index is 5.29. The number of benzene rings is 2. The molecule has 0 bridgehead atoms. The summed E-state index contributed by atoms with van der Waals surface area (Å²) in [6.07, 6.45) is 0. The van der Waals surface area contributed by atoms with Gasteiger partial charge in [0.05, 0.1) is 7.11 Å². The molecule has 126 valence electrons. The SMILES string of the molecule is COc1cccc(-c2nn3c(-c4ccc(N(C)C)cc4)nnc3s2)c1. The van der Waals surface area contributed by atoms with Crippen LogP contribution >= 0.6 is 11.3 Å². The van der Waals surface area contributed by atoms with Gasteiger partial charge in [-0.25, -0.2) is 0 Å². The molecule has 4 aromatic rings. The summed E-state index contributed by atoms with van der Waals surface area (Å²) in [5.74, 6) is 1.55. The van der Waals surface area contributed by atoms with Crippen LogP contribution in [0.4, 0.5) is 5.69 Å². The number of hydrogen-bond donors (Lipinski definition) is 0. The molecule has 0 aliphatic rings. The van der Waals surface area contributed by atoms with Crippen LogP contribution in [0, 0.1) is 0 Å². The minimum absolute atomic E-state index is 0.741. The lowest BCUT2D eigenvalue weighted by molar-refractivity contribution is 0.415. The fourth-order valence-electron chi connectivity index (χ4n) is 2.58. The highest BCUT2D eigenvalue weighted by Crippen LogP contribution is 2.30. The molecule has 7 heteroatoms. The Morgan fingerprint density at radius 3 is 2.52 bits per heavy atom. The molecule has 0 spiro atoms. The normalized spacial score (nSPS) is 11.0. The number of anilines is 1. The molecule has 2 aromatic heterocycles. The van der Waals surface area contributed by atoms with Crippen molar-refractivity contribution in [3.05, 3.63) is 48.5 Å². The standard InChI is InChI=1S/C18H17N5OS/c1-22(2)14-9-7-12(8-10-14)16-19-20-18-23(16)21-17(25-18)13-5-4-6-15(11-13)24-3/h4-11H,1-3H3. The second-order valence-electron chi connectivity index (χ2n) is 5.80. The van der Waals surface area contributed by atoms with Crippen LogP contribution in [-0.4, -0.2) is 41.0 Å². The Labute approximate surface area is 149 Å². The summed E-state index contributed by atoms with van der Waals surface area (Å²) in [5.41, 5.74) is 3.13. The molecule has 0 fully saturated rings. The number of rotatable bonds is 4. The Morgan fingerprint density at radius 2 is 1.80 bits per heavy atom. The third-order valence-electron chi connectivity index (χ3n) is 3.95. The monoisotopic (exact) mass is 351 g/mol. The first-order valence-corrected chi connectivity index (χ1v) is 8.62. The zero-order valence-corrected chi connectivity index (χ0v) is 15.0. The van der Waals surface area contributed by atoms with Gasteiger partial charge in [-0.2, -0.15) is 9.61 Å². The Kier molecular flexibility index (Phi) is 3.85. The molecule has 0 atom stereocenters. The first kappa shape index (κ1) is 15.6. The second kappa shape index (κ2) is 6.18. The van der Waals surface area contributed by atoms with Crippen molar-refractivity contribution in [3.8, 4) is 27.7 Å². The van der Waals surface area contributed by atoms with Crippen LogP contribution in [0.3, 0.4) is 0 Å². The van der Waals surface area contributed by atoms with Gasteiger partial charge in [0.1, 0.15) is 10.8 Å². The van der Waals surface area contributed by atoms with Crippen LogP contribution in [0.15, 0.2) is 48.5 Å².